The number of carbonyl (C=O) groups is 4. The summed E-state index contributed by atoms with van der Waals surface area (Å²) in [5.41, 5.74) is -3.02. The van der Waals surface area contributed by atoms with Gasteiger partial charge in [-0.2, -0.15) is 0 Å². The quantitative estimate of drug-likeness (QED) is 0.0302. The molecule has 3 amide bonds. The number of nitrogens with zero attached hydrogens (tertiary/aromatic N) is 5. The number of halogens is 7. The van der Waals surface area contributed by atoms with E-state index in [1.807, 2.05) is 0 Å². The molecule has 6 heterocycles. The highest BCUT2D eigenvalue weighted by Gasteiger charge is 2.44. The predicted octanol–water partition coefficient (Wildman–Crippen LogP) is 7.87. The highest BCUT2D eigenvalue weighted by atomic mass is 35.5. The van der Waals surface area contributed by atoms with Gasteiger partial charge in [0.2, 0.25) is 0 Å². The molecule has 0 radical (unpaired) electrons. The number of alkyl halides is 4. The van der Waals surface area contributed by atoms with E-state index in [4.69, 9.17) is 21.4 Å². The van der Waals surface area contributed by atoms with Crippen molar-refractivity contribution < 1.29 is 65.6 Å². The van der Waals surface area contributed by atoms with Gasteiger partial charge in [0, 0.05) is 44.0 Å². The average Bonchev–Trinajstić information content (AvgIpc) is 3.57. The topological polar surface area (TPSA) is 235 Å². The Kier molecular flexibility index (Phi) is 17.5. The number of hydrogen-bond donors (Lipinski definition) is 5. The number of esters is 1. The minimum Gasteiger partial charge on any atom is -0.505 e. The standard InChI is InChI=1S/C29H21ClF3N3O6.C22H21F3N4O4.2CH4/c1-2-42-28(41)20-24(37)22-23(21(30)16(12-34-22)11-15-7-9-17(31)10-8-15)35(27(20)40)13-29(32,33)14-36-25(38)18-5-3-4-6-19(18)26(36)39;23-14-4-2-12(3-5-14)8-13-9-27-17-18-16(13)28-10-22(24,25)11-29(18)21(33)15(19(17)31)20(32)26-6-1-7-30;;/h3-10,12,37H,2,11,13-14H2,1H3;2-5,9,28,30-31H,1,6-8,10-11H2,(H,26,32);2*1H4. The minimum absolute atomic E-state index is 0. The average molecular weight is 1090 g/mol. The number of fused-ring (bicyclic) bond motifs is 2. The summed E-state index contributed by atoms with van der Waals surface area (Å²) in [6.07, 6.45) is 3.07. The molecule has 3 aromatic carbocycles. The van der Waals surface area contributed by atoms with Gasteiger partial charge in [-0.25, -0.2) is 31.1 Å². The number of rotatable bonds is 14. The van der Waals surface area contributed by atoms with E-state index in [-0.39, 0.29) is 92.3 Å². The molecule has 0 unspecified atom stereocenters. The first kappa shape index (κ1) is 58.0. The van der Waals surface area contributed by atoms with Crippen LogP contribution in [0.2, 0.25) is 5.02 Å². The summed E-state index contributed by atoms with van der Waals surface area (Å²) in [6, 6.07) is 16.7. The number of hydrogen-bond acceptors (Lipinski definition) is 13. The summed E-state index contributed by atoms with van der Waals surface area (Å²) in [4.78, 5) is 85.8. The Morgan fingerprint density at radius 3 is 1.88 bits per heavy atom. The number of imide groups is 1. The molecule has 5 N–H and O–H groups in total. The Morgan fingerprint density at radius 1 is 0.792 bits per heavy atom. The number of carbonyl (C=O) groups excluding carboxylic acids is 4. The molecule has 0 bridgehead atoms. The van der Waals surface area contributed by atoms with Crippen LogP contribution in [0.3, 0.4) is 0 Å². The second-order valence-electron chi connectivity index (χ2n) is 17.3. The maximum atomic E-state index is 15.7. The molecule has 7 aromatic rings. The molecule has 2 aliphatic rings. The Labute approximate surface area is 439 Å². The number of aliphatic hydroxyl groups is 1. The van der Waals surface area contributed by atoms with Crippen molar-refractivity contribution in [3.05, 3.63) is 167 Å². The molecule has 0 saturated heterocycles. The van der Waals surface area contributed by atoms with E-state index in [0.29, 0.717) is 26.2 Å². The maximum Gasteiger partial charge on any atom is 0.347 e. The van der Waals surface area contributed by atoms with Crippen LogP contribution in [0.15, 0.2) is 94.8 Å². The molecule has 0 spiro atoms. The minimum atomic E-state index is -3.91. The van der Waals surface area contributed by atoms with Crippen molar-refractivity contribution >= 4 is 63.0 Å². The van der Waals surface area contributed by atoms with Crippen molar-refractivity contribution in [2.24, 2.45) is 0 Å². The third-order valence-electron chi connectivity index (χ3n) is 12.1. The molecule has 0 atom stereocenters. The monoisotopic (exact) mass is 1090 g/mol. The fourth-order valence-electron chi connectivity index (χ4n) is 8.59. The second-order valence-corrected chi connectivity index (χ2v) is 17.7. The molecule has 4 aromatic heterocycles. The van der Waals surface area contributed by atoms with Gasteiger partial charge in [-0.15, -0.1) is 0 Å². The van der Waals surface area contributed by atoms with Gasteiger partial charge in [-0.05, 0) is 66.4 Å². The van der Waals surface area contributed by atoms with Crippen molar-refractivity contribution in [2.75, 3.05) is 38.2 Å². The number of aliphatic hydroxyl groups excluding tert-OH is 1. The van der Waals surface area contributed by atoms with Crippen molar-refractivity contribution in [1.29, 1.82) is 0 Å². The van der Waals surface area contributed by atoms with Crippen LogP contribution < -0.4 is 21.8 Å². The van der Waals surface area contributed by atoms with Crippen LogP contribution in [0.1, 0.15) is 91.9 Å². The summed E-state index contributed by atoms with van der Waals surface area (Å²) in [5.74, 6) is -13.8. The van der Waals surface area contributed by atoms with Crippen LogP contribution >= 0.6 is 11.6 Å². The summed E-state index contributed by atoms with van der Waals surface area (Å²) >= 11 is 6.61. The molecule has 406 valence electrons. The number of aromatic nitrogens is 4. The van der Waals surface area contributed by atoms with Crippen molar-refractivity contribution in [2.45, 2.75) is 66.0 Å². The van der Waals surface area contributed by atoms with E-state index >= 15 is 8.78 Å². The fraction of sp³-hybridized carbons (Fsp3) is 0.283. The first-order chi connectivity index (χ1) is 35.6. The molecular formula is C53H50ClF6N7O10. The fourth-order valence-corrected chi connectivity index (χ4v) is 8.89. The Bertz CT molecular complexity index is 3530. The van der Waals surface area contributed by atoms with Crippen molar-refractivity contribution in [3.63, 3.8) is 0 Å². The maximum absolute atomic E-state index is 15.7. The molecule has 0 saturated carbocycles. The van der Waals surface area contributed by atoms with Crippen LogP contribution in [-0.4, -0.2) is 108 Å². The lowest BCUT2D eigenvalue weighted by atomic mass is 10.0. The Hall–Kier alpha value is -8.31. The zero-order chi connectivity index (χ0) is 54.1. The number of amides is 3. The number of anilines is 1. The number of benzene rings is 3. The van der Waals surface area contributed by atoms with Gasteiger partial charge in [0.1, 0.15) is 28.2 Å². The molecule has 0 fully saturated rings. The van der Waals surface area contributed by atoms with Crippen molar-refractivity contribution in [1.82, 2.24) is 29.3 Å². The molecule has 24 heteroatoms. The largest absolute Gasteiger partial charge is 0.505 e. The Morgan fingerprint density at radius 2 is 1.32 bits per heavy atom. The van der Waals surface area contributed by atoms with E-state index in [1.165, 1.54) is 80.0 Å². The molecule has 2 aliphatic heterocycles. The van der Waals surface area contributed by atoms with Gasteiger partial charge < -0.3 is 30.7 Å². The molecule has 17 nitrogen and oxygen atoms in total. The van der Waals surface area contributed by atoms with Gasteiger partial charge in [-0.1, -0.05) is 62.9 Å². The summed E-state index contributed by atoms with van der Waals surface area (Å²) in [6.45, 7) is -3.53. The van der Waals surface area contributed by atoms with E-state index in [9.17, 15) is 56.5 Å². The smallest absolute Gasteiger partial charge is 0.347 e. The Balaban J connectivity index is 0.000000250. The SMILES string of the molecule is C.C.CCOC(=O)c1c(O)c2ncc(Cc3ccc(F)cc3)c(Cl)c2n(CC(F)(F)CN2C(=O)c3ccccc3C2=O)c1=O.O=C(NCCCO)c1c(O)c2ncc(Cc3ccc(F)cc3)c3c2n(c1=O)CC(F)(F)CN3. The van der Waals surface area contributed by atoms with E-state index in [2.05, 4.69) is 20.6 Å². The van der Waals surface area contributed by atoms with Crippen molar-refractivity contribution in [3.8, 4) is 11.5 Å². The predicted molar refractivity (Wildman–Crippen MR) is 272 cm³/mol. The summed E-state index contributed by atoms with van der Waals surface area (Å²) in [5, 5.41) is 35.2. The normalized spacial score (nSPS) is 13.4. The zero-order valence-electron chi connectivity index (χ0n) is 39.2. The number of nitrogens with one attached hydrogen (secondary N) is 2. The van der Waals surface area contributed by atoms with E-state index in [0.717, 1.165) is 4.57 Å². The van der Waals surface area contributed by atoms with Crippen LogP contribution in [0, 0.1) is 11.6 Å². The number of aromatic hydroxyl groups is 2. The van der Waals surface area contributed by atoms with Gasteiger partial charge in [0.25, 0.3) is 40.7 Å². The third-order valence-corrected chi connectivity index (χ3v) is 12.5. The second kappa shape index (κ2) is 23.3. The molecule has 9 rings (SSSR count). The van der Waals surface area contributed by atoms with Crippen LogP contribution in [0.5, 0.6) is 11.5 Å². The molecular weight excluding hydrogens is 1040 g/mol. The van der Waals surface area contributed by atoms with Gasteiger partial charge in [0.05, 0.1) is 65.7 Å². The first-order valence-corrected chi connectivity index (χ1v) is 23.2. The molecule has 77 heavy (non-hydrogen) atoms. The lowest BCUT2D eigenvalue weighted by Crippen LogP contribution is -2.44. The highest BCUT2D eigenvalue weighted by molar-refractivity contribution is 6.36. The van der Waals surface area contributed by atoms with E-state index < -0.39 is 118 Å². The zero-order valence-corrected chi connectivity index (χ0v) is 40.0. The van der Waals surface area contributed by atoms with Gasteiger partial charge in [0.15, 0.2) is 17.1 Å². The molecule has 0 aliphatic carbocycles. The van der Waals surface area contributed by atoms with Gasteiger partial charge in [-0.3, -0.25) is 48.0 Å². The third kappa shape index (κ3) is 11.7. The van der Waals surface area contributed by atoms with E-state index in [1.54, 1.807) is 12.1 Å². The van der Waals surface area contributed by atoms with Crippen LogP contribution in [0.25, 0.3) is 22.1 Å². The number of pyridine rings is 4. The lowest BCUT2D eigenvalue weighted by molar-refractivity contribution is -0.0359. The number of ether oxygens (including phenoxy) is 1. The van der Waals surface area contributed by atoms with Gasteiger partial charge >= 0.3 is 5.97 Å². The highest BCUT2D eigenvalue weighted by Crippen LogP contribution is 2.38. The first-order valence-electron chi connectivity index (χ1n) is 22.8. The lowest BCUT2D eigenvalue weighted by Gasteiger charge is -2.24. The summed E-state index contributed by atoms with van der Waals surface area (Å²) < 4.78 is 93.1. The van der Waals surface area contributed by atoms with Crippen LogP contribution in [0.4, 0.5) is 32.0 Å². The summed E-state index contributed by atoms with van der Waals surface area (Å²) in [7, 11) is 0. The van der Waals surface area contributed by atoms with Crippen LogP contribution in [-0.2, 0) is 30.7 Å².